The van der Waals surface area contributed by atoms with Crippen LogP contribution in [-0.2, 0) is 11.3 Å². The zero-order chi connectivity index (χ0) is 19.1. The maximum atomic E-state index is 5.45. The van der Waals surface area contributed by atoms with Crippen molar-refractivity contribution in [3.05, 3.63) is 33.8 Å². The summed E-state index contributed by atoms with van der Waals surface area (Å²) in [5.74, 6) is 2.09. The third-order valence-electron chi connectivity index (χ3n) is 4.87. The number of tetrazole rings is 1. The normalized spacial score (nSPS) is 15.5. The first kappa shape index (κ1) is 17.8. The molecule has 0 saturated carbocycles. The second kappa shape index (κ2) is 7.28. The number of hydrogen-bond donors (Lipinski definition) is 0. The third-order valence-corrected chi connectivity index (χ3v) is 6.84. The number of aryl methyl sites for hydroxylation is 2. The first-order chi connectivity index (χ1) is 13.7. The molecule has 28 heavy (non-hydrogen) atoms. The fourth-order valence-electron chi connectivity index (χ4n) is 3.25. The molecule has 4 aromatic rings. The van der Waals surface area contributed by atoms with Gasteiger partial charge in [-0.15, -0.1) is 37.7 Å². The predicted molar refractivity (Wildman–Crippen MR) is 109 cm³/mol. The Balaban J connectivity index is 1.59. The van der Waals surface area contributed by atoms with E-state index < -0.39 is 0 Å². The number of aromatic nitrogens is 6. The fourth-order valence-corrected chi connectivity index (χ4v) is 4.95. The molecule has 5 rings (SSSR count). The summed E-state index contributed by atoms with van der Waals surface area (Å²) in [6, 6.07) is 3.97. The van der Waals surface area contributed by atoms with Gasteiger partial charge in [0, 0.05) is 18.0 Å². The van der Waals surface area contributed by atoms with Gasteiger partial charge in [-0.3, -0.25) is 4.90 Å². The van der Waals surface area contributed by atoms with E-state index >= 15 is 0 Å². The molecule has 0 N–H and O–H groups in total. The van der Waals surface area contributed by atoms with Gasteiger partial charge in [0.1, 0.15) is 10.7 Å². The Labute approximate surface area is 169 Å². The second-order valence-corrected chi connectivity index (χ2v) is 8.85. The lowest BCUT2D eigenvalue weighted by atomic mass is 10.2. The van der Waals surface area contributed by atoms with Gasteiger partial charge in [0.15, 0.2) is 5.82 Å². The van der Waals surface area contributed by atoms with Gasteiger partial charge in [-0.2, -0.15) is 0 Å². The molecule has 1 aliphatic heterocycles. The number of hydrogen-bond acceptors (Lipinski definition) is 9. The highest BCUT2D eigenvalue weighted by molar-refractivity contribution is 7.18. The number of nitrogens with zero attached hydrogens (tertiary/aromatic N) is 7. The first-order valence-electron chi connectivity index (χ1n) is 9.10. The Morgan fingerprint density at radius 1 is 1.18 bits per heavy atom. The van der Waals surface area contributed by atoms with Gasteiger partial charge in [0.25, 0.3) is 0 Å². The lowest BCUT2D eigenvalue weighted by molar-refractivity contribution is 0.0331. The summed E-state index contributed by atoms with van der Waals surface area (Å²) in [6.07, 6.45) is 0. The van der Waals surface area contributed by atoms with Crippen LogP contribution in [0.15, 0.2) is 17.5 Å². The minimum atomic E-state index is 0.612. The van der Waals surface area contributed by atoms with Crippen LogP contribution in [0.1, 0.15) is 16.3 Å². The van der Waals surface area contributed by atoms with Crippen molar-refractivity contribution >= 4 is 32.9 Å². The van der Waals surface area contributed by atoms with E-state index in [1.807, 2.05) is 17.5 Å². The number of morpholine rings is 1. The molecule has 0 aromatic carbocycles. The Hall–Kier alpha value is -2.27. The summed E-state index contributed by atoms with van der Waals surface area (Å²) in [6.45, 7) is 8.18. The number of fused-ring (bicyclic) bond motifs is 1. The van der Waals surface area contributed by atoms with Crippen LogP contribution < -0.4 is 0 Å². The monoisotopic (exact) mass is 413 g/mol. The first-order valence-corrected chi connectivity index (χ1v) is 10.8. The minimum absolute atomic E-state index is 0.612. The summed E-state index contributed by atoms with van der Waals surface area (Å²) in [7, 11) is 0. The van der Waals surface area contributed by atoms with Gasteiger partial charge in [-0.1, -0.05) is 6.07 Å². The largest absolute Gasteiger partial charge is 0.379 e. The van der Waals surface area contributed by atoms with Crippen molar-refractivity contribution in [3.8, 4) is 16.5 Å². The van der Waals surface area contributed by atoms with E-state index in [1.54, 1.807) is 27.5 Å². The summed E-state index contributed by atoms with van der Waals surface area (Å²) in [5, 5.41) is 16.1. The van der Waals surface area contributed by atoms with E-state index in [4.69, 9.17) is 14.7 Å². The second-order valence-electron chi connectivity index (χ2n) is 6.70. The van der Waals surface area contributed by atoms with Crippen molar-refractivity contribution in [2.24, 2.45) is 0 Å². The lowest BCUT2D eigenvalue weighted by Gasteiger charge is -2.25. The van der Waals surface area contributed by atoms with Crippen LogP contribution in [0.2, 0.25) is 0 Å². The van der Waals surface area contributed by atoms with Crippen molar-refractivity contribution in [1.82, 2.24) is 35.1 Å². The molecule has 1 saturated heterocycles. The minimum Gasteiger partial charge on any atom is -0.379 e. The third kappa shape index (κ3) is 3.22. The zero-order valence-corrected chi connectivity index (χ0v) is 17.3. The van der Waals surface area contributed by atoms with Gasteiger partial charge in [0.2, 0.25) is 5.82 Å². The average Bonchev–Trinajstić information content (AvgIpc) is 3.43. The van der Waals surface area contributed by atoms with Crippen molar-refractivity contribution in [2.75, 3.05) is 26.3 Å². The number of rotatable bonds is 4. The number of ether oxygens (including phenoxy) is 1. The van der Waals surface area contributed by atoms with Gasteiger partial charge < -0.3 is 4.74 Å². The van der Waals surface area contributed by atoms with Crippen molar-refractivity contribution in [3.63, 3.8) is 0 Å². The van der Waals surface area contributed by atoms with Gasteiger partial charge in [-0.05, 0) is 36.1 Å². The quantitative estimate of drug-likeness (QED) is 0.509. The van der Waals surface area contributed by atoms with E-state index in [0.29, 0.717) is 18.2 Å². The van der Waals surface area contributed by atoms with Crippen molar-refractivity contribution in [2.45, 2.75) is 20.4 Å². The van der Waals surface area contributed by atoms with Crippen LogP contribution in [0.25, 0.3) is 26.7 Å². The molecule has 0 unspecified atom stereocenters. The highest BCUT2D eigenvalue weighted by Crippen LogP contribution is 2.32. The lowest BCUT2D eigenvalue weighted by Crippen LogP contribution is -2.36. The SMILES string of the molecule is Cc1sc2nc(CN3CCOCC3)nc(-n3nnc(-c4cccs4)n3)c2c1C. The van der Waals surface area contributed by atoms with Crippen LogP contribution in [-0.4, -0.2) is 61.4 Å². The molecular formula is C18H19N7OS2. The Morgan fingerprint density at radius 3 is 2.82 bits per heavy atom. The molecule has 4 aromatic heterocycles. The van der Waals surface area contributed by atoms with Gasteiger partial charge in [-0.25, -0.2) is 9.97 Å². The molecule has 5 heterocycles. The Morgan fingerprint density at radius 2 is 2.04 bits per heavy atom. The highest BCUT2D eigenvalue weighted by atomic mass is 32.1. The average molecular weight is 414 g/mol. The Bertz CT molecular complexity index is 1110. The topological polar surface area (TPSA) is 81.9 Å². The molecule has 0 atom stereocenters. The Kier molecular flexibility index (Phi) is 4.63. The van der Waals surface area contributed by atoms with Gasteiger partial charge >= 0.3 is 0 Å². The summed E-state index contributed by atoms with van der Waals surface area (Å²) in [4.78, 5) is 16.7. The molecule has 0 amide bonds. The molecule has 0 aliphatic carbocycles. The van der Waals surface area contributed by atoms with E-state index in [9.17, 15) is 0 Å². The molecule has 10 heteroatoms. The van der Waals surface area contributed by atoms with E-state index in [1.165, 1.54) is 10.4 Å². The van der Waals surface area contributed by atoms with Crippen LogP contribution in [0.4, 0.5) is 0 Å². The molecular weight excluding hydrogens is 394 g/mol. The molecule has 144 valence electrons. The highest BCUT2D eigenvalue weighted by Gasteiger charge is 2.20. The molecule has 0 spiro atoms. The summed E-state index contributed by atoms with van der Waals surface area (Å²) in [5.41, 5.74) is 1.17. The van der Waals surface area contributed by atoms with E-state index in [-0.39, 0.29) is 0 Å². The fraction of sp³-hybridized carbons (Fsp3) is 0.389. The summed E-state index contributed by atoms with van der Waals surface area (Å²) >= 11 is 3.28. The molecule has 8 nitrogen and oxygen atoms in total. The zero-order valence-electron chi connectivity index (χ0n) is 15.6. The van der Waals surface area contributed by atoms with Crippen LogP contribution in [0.5, 0.6) is 0 Å². The van der Waals surface area contributed by atoms with Crippen LogP contribution in [0.3, 0.4) is 0 Å². The van der Waals surface area contributed by atoms with E-state index in [2.05, 4.69) is 34.2 Å². The smallest absolute Gasteiger partial charge is 0.215 e. The van der Waals surface area contributed by atoms with Crippen molar-refractivity contribution in [1.29, 1.82) is 0 Å². The van der Waals surface area contributed by atoms with E-state index in [0.717, 1.165) is 47.2 Å². The predicted octanol–water partition coefficient (Wildman–Crippen LogP) is 2.84. The maximum Gasteiger partial charge on any atom is 0.215 e. The number of thiophene rings is 2. The molecule has 1 fully saturated rings. The summed E-state index contributed by atoms with van der Waals surface area (Å²) < 4.78 is 5.45. The molecule has 1 aliphatic rings. The van der Waals surface area contributed by atoms with Crippen LogP contribution in [0, 0.1) is 13.8 Å². The maximum absolute atomic E-state index is 5.45. The van der Waals surface area contributed by atoms with Crippen LogP contribution >= 0.6 is 22.7 Å². The standard InChI is InChI=1S/C18H19N7OS2/c1-11-12(2)28-18-15(11)17(19-14(20-18)10-24-5-7-26-8-6-24)25-22-16(21-23-25)13-4-3-9-27-13/h3-4,9H,5-8,10H2,1-2H3. The van der Waals surface area contributed by atoms with Gasteiger partial charge in [0.05, 0.1) is 30.0 Å². The van der Waals surface area contributed by atoms with Crippen molar-refractivity contribution < 1.29 is 4.74 Å². The molecule has 0 bridgehead atoms. The molecule has 0 radical (unpaired) electrons.